The number of nitro groups is 1. The minimum atomic E-state index is -0.429. The maximum absolute atomic E-state index is 11.4. The van der Waals surface area contributed by atoms with E-state index in [-0.39, 0.29) is 17.3 Å². The number of aromatic nitrogens is 2. The smallest absolute Gasteiger partial charge is 0.353 e. The van der Waals surface area contributed by atoms with Crippen molar-refractivity contribution in [2.45, 2.75) is 26.7 Å². The van der Waals surface area contributed by atoms with Crippen LogP contribution in [0.15, 0.2) is 6.33 Å². The lowest BCUT2D eigenvalue weighted by Crippen LogP contribution is -2.37. The average molecular weight is 352 g/mol. The van der Waals surface area contributed by atoms with E-state index in [2.05, 4.69) is 39.3 Å². The third-order valence-corrected chi connectivity index (χ3v) is 4.07. The van der Waals surface area contributed by atoms with Crippen LogP contribution in [0.3, 0.4) is 0 Å². The van der Waals surface area contributed by atoms with Gasteiger partial charge in [-0.05, 0) is 25.3 Å². The van der Waals surface area contributed by atoms with Crippen molar-refractivity contribution in [1.82, 2.24) is 14.9 Å². The molecule has 1 aliphatic rings. The summed E-state index contributed by atoms with van der Waals surface area (Å²) < 4.78 is 5.32. The maximum atomic E-state index is 11.4. The molecule has 1 aromatic rings. The van der Waals surface area contributed by atoms with Gasteiger partial charge in [-0.25, -0.2) is 9.97 Å². The molecule has 0 radical (unpaired) electrons. The van der Waals surface area contributed by atoms with Gasteiger partial charge in [-0.3, -0.25) is 15.0 Å². The number of nitrogens with one attached hydrogen (secondary N) is 2. The predicted octanol–water partition coefficient (Wildman–Crippen LogP) is 1.98. The Bertz CT molecular complexity index is 549. The Morgan fingerprint density at radius 1 is 1.24 bits per heavy atom. The molecule has 0 spiro atoms. The molecule has 9 heteroatoms. The molecule has 0 aliphatic carbocycles. The lowest BCUT2D eigenvalue weighted by Gasteiger charge is -2.26. The molecule has 1 aliphatic heterocycles. The first kappa shape index (κ1) is 19.3. The normalized spacial score (nSPS) is 15.3. The van der Waals surface area contributed by atoms with Crippen LogP contribution in [0.5, 0.6) is 0 Å². The number of anilines is 2. The van der Waals surface area contributed by atoms with E-state index in [9.17, 15) is 10.1 Å². The number of hydrogen-bond acceptors (Lipinski definition) is 8. The van der Waals surface area contributed by atoms with Crippen LogP contribution >= 0.6 is 0 Å². The van der Waals surface area contributed by atoms with E-state index in [1.807, 2.05) is 0 Å². The van der Waals surface area contributed by atoms with Gasteiger partial charge in [0.15, 0.2) is 0 Å². The van der Waals surface area contributed by atoms with Gasteiger partial charge in [0, 0.05) is 26.2 Å². The van der Waals surface area contributed by atoms with Crippen molar-refractivity contribution < 1.29 is 9.66 Å². The first-order valence-corrected chi connectivity index (χ1v) is 8.85. The van der Waals surface area contributed by atoms with Crippen molar-refractivity contribution >= 4 is 17.3 Å². The van der Waals surface area contributed by atoms with Gasteiger partial charge >= 0.3 is 5.69 Å². The predicted molar refractivity (Wildman–Crippen MR) is 97.0 cm³/mol. The van der Waals surface area contributed by atoms with Crippen molar-refractivity contribution in [2.75, 3.05) is 56.6 Å². The molecule has 0 unspecified atom stereocenters. The highest BCUT2D eigenvalue weighted by molar-refractivity contribution is 5.69. The Morgan fingerprint density at radius 3 is 2.48 bits per heavy atom. The van der Waals surface area contributed by atoms with Crippen LogP contribution in [0.1, 0.15) is 26.7 Å². The molecular weight excluding hydrogens is 324 g/mol. The molecular formula is C16H28N6O3. The fourth-order valence-corrected chi connectivity index (χ4v) is 2.62. The van der Waals surface area contributed by atoms with Gasteiger partial charge in [-0.15, -0.1) is 0 Å². The zero-order chi connectivity index (χ0) is 18.1. The van der Waals surface area contributed by atoms with E-state index in [4.69, 9.17) is 4.74 Å². The van der Waals surface area contributed by atoms with Crippen LogP contribution < -0.4 is 10.6 Å². The highest BCUT2D eigenvalue weighted by Gasteiger charge is 2.22. The molecule has 0 saturated carbocycles. The molecule has 1 fully saturated rings. The van der Waals surface area contributed by atoms with E-state index >= 15 is 0 Å². The maximum Gasteiger partial charge on any atom is 0.353 e. The summed E-state index contributed by atoms with van der Waals surface area (Å²) in [7, 11) is 0. The van der Waals surface area contributed by atoms with Crippen LogP contribution in [0.2, 0.25) is 0 Å². The quantitative estimate of drug-likeness (QED) is 0.374. The molecule has 2 N–H and O–H groups in total. The van der Waals surface area contributed by atoms with Crippen molar-refractivity contribution in [3.8, 4) is 0 Å². The van der Waals surface area contributed by atoms with Gasteiger partial charge in [-0.1, -0.05) is 13.8 Å². The Morgan fingerprint density at radius 2 is 1.88 bits per heavy atom. The molecule has 140 valence electrons. The minimum Gasteiger partial charge on any atom is -0.379 e. The average Bonchev–Trinajstić information content (AvgIpc) is 2.59. The molecule has 25 heavy (non-hydrogen) atoms. The molecule has 0 aromatic carbocycles. The molecule has 2 rings (SSSR count). The SMILES string of the molecule is CC(C)CCNc1ncnc(NCCCN2CCOCC2)c1[N+](=O)[O-]. The summed E-state index contributed by atoms with van der Waals surface area (Å²) in [6.07, 6.45) is 3.16. The van der Waals surface area contributed by atoms with Crippen LogP contribution in [0, 0.1) is 16.0 Å². The zero-order valence-electron chi connectivity index (χ0n) is 15.0. The largest absolute Gasteiger partial charge is 0.379 e. The van der Waals surface area contributed by atoms with Gasteiger partial charge in [-0.2, -0.15) is 0 Å². The lowest BCUT2D eigenvalue weighted by molar-refractivity contribution is -0.383. The van der Waals surface area contributed by atoms with E-state index in [0.717, 1.165) is 45.7 Å². The molecule has 1 saturated heterocycles. The highest BCUT2D eigenvalue weighted by atomic mass is 16.6. The second-order valence-corrected chi connectivity index (χ2v) is 6.52. The van der Waals surface area contributed by atoms with Gasteiger partial charge in [0.2, 0.25) is 11.6 Å². The third-order valence-electron chi connectivity index (χ3n) is 4.07. The third kappa shape index (κ3) is 6.43. The second-order valence-electron chi connectivity index (χ2n) is 6.52. The second kappa shape index (κ2) is 10.1. The van der Waals surface area contributed by atoms with E-state index in [1.54, 1.807) is 0 Å². The number of nitrogens with zero attached hydrogens (tertiary/aromatic N) is 4. The van der Waals surface area contributed by atoms with Gasteiger partial charge in [0.25, 0.3) is 0 Å². The van der Waals surface area contributed by atoms with Crippen molar-refractivity contribution in [1.29, 1.82) is 0 Å². The monoisotopic (exact) mass is 352 g/mol. The summed E-state index contributed by atoms with van der Waals surface area (Å²) in [6, 6.07) is 0. The molecule has 0 atom stereocenters. The topological polar surface area (TPSA) is 105 Å². The van der Waals surface area contributed by atoms with Crippen molar-refractivity contribution in [3.05, 3.63) is 16.4 Å². The van der Waals surface area contributed by atoms with Crippen LogP contribution in [-0.2, 0) is 4.74 Å². The van der Waals surface area contributed by atoms with Crippen molar-refractivity contribution in [2.24, 2.45) is 5.92 Å². The first-order chi connectivity index (χ1) is 12.1. The Hall–Kier alpha value is -2.00. The minimum absolute atomic E-state index is 0.0855. The number of hydrogen-bond donors (Lipinski definition) is 2. The number of rotatable bonds is 10. The fraction of sp³-hybridized carbons (Fsp3) is 0.750. The van der Waals surface area contributed by atoms with Gasteiger partial charge in [0.1, 0.15) is 6.33 Å². The van der Waals surface area contributed by atoms with Crippen LogP contribution in [-0.4, -0.2) is 65.7 Å². The van der Waals surface area contributed by atoms with E-state index in [0.29, 0.717) is 19.0 Å². The molecule has 0 bridgehead atoms. The zero-order valence-corrected chi connectivity index (χ0v) is 15.0. The summed E-state index contributed by atoms with van der Waals surface area (Å²) in [5, 5.41) is 17.6. The molecule has 1 aromatic heterocycles. The summed E-state index contributed by atoms with van der Waals surface area (Å²) in [4.78, 5) is 21.4. The standard InChI is InChI=1S/C16H28N6O3/c1-13(2)4-6-18-16-14(22(23)24)15(19-12-20-16)17-5-3-7-21-8-10-25-11-9-21/h12-13H,3-11H2,1-2H3,(H2,17,18,19,20). The van der Waals surface area contributed by atoms with Gasteiger partial charge in [0.05, 0.1) is 18.1 Å². The molecule has 0 amide bonds. The Labute approximate surface area is 148 Å². The summed E-state index contributed by atoms with van der Waals surface area (Å²) in [6.45, 7) is 9.86. The van der Waals surface area contributed by atoms with Gasteiger partial charge < -0.3 is 15.4 Å². The molecule has 2 heterocycles. The van der Waals surface area contributed by atoms with Crippen LogP contribution in [0.4, 0.5) is 17.3 Å². The van der Waals surface area contributed by atoms with Crippen LogP contribution in [0.25, 0.3) is 0 Å². The lowest BCUT2D eigenvalue weighted by atomic mass is 10.1. The summed E-state index contributed by atoms with van der Waals surface area (Å²) >= 11 is 0. The summed E-state index contributed by atoms with van der Waals surface area (Å²) in [5.74, 6) is 1.07. The van der Waals surface area contributed by atoms with E-state index < -0.39 is 4.92 Å². The fourth-order valence-electron chi connectivity index (χ4n) is 2.62. The number of morpholine rings is 1. The Kier molecular flexibility index (Phi) is 7.80. The summed E-state index contributed by atoms with van der Waals surface area (Å²) in [5.41, 5.74) is -0.0855. The number of ether oxygens (including phenoxy) is 1. The van der Waals surface area contributed by atoms with Crippen molar-refractivity contribution in [3.63, 3.8) is 0 Å². The Balaban J connectivity index is 1.88. The van der Waals surface area contributed by atoms with E-state index in [1.165, 1.54) is 6.33 Å². The highest BCUT2D eigenvalue weighted by Crippen LogP contribution is 2.28. The first-order valence-electron chi connectivity index (χ1n) is 8.85. The molecule has 9 nitrogen and oxygen atoms in total.